The number of hydrogen-bond acceptors (Lipinski definition) is 4. The number of nitrogens with one attached hydrogen (secondary N) is 1. The van der Waals surface area contributed by atoms with Crippen molar-refractivity contribution >= 4 is 5.91 Å². The van der Waals surface area contributed by atoms with Crippen molar-refractivity contribution in [1.82, 2.24) is 14.9 Å². The molecule has 1 amide bonds. The van der Waals surface area contributed by atoms with Gasteiger partial charge in [-0.05, 0) is 48.9 Å². The minimum Gasteiger partial charge on any atom is -0.457 e. The highest BCUT2D eigenvalue weighted by Gasteiger charge is 2.14. The number of carbonyl (C=O) groups is 1. The topological polar surface area (TPSA) is 79.9 Å². The summed E-state index contributed by atoms with van der Waals surface area (Å²) in [5.41, 5.74) is 2.95. The van der Waals surface area contributed by atoms with Crippen LogP contribution in [0.5, 0.6) is 11.5 Å². The third-order valence-corrected chi connectivity index (χ3v) is 5.39. The van der Waals surface area contributed by atoms with Crippen molar-refractivity contribution in [3.05, 3.63) is 102 Å². The van der Waals surface area contributed by atoms with Crippen LogP contribution in [-0.4, -0.2) is 15.5 Å². The Morgan fingerprint density at radius 3 is 2.71 bits per heavy atom. The van der Waals surface area contributed by atoms with Crippen LogP contribution >= 0.6 is 0 Å². The van der Waals surface area contributed by atoms with Crippen molar-refractivity contribution in [1.29, 1.82) is 5.26 Å². The molecule has 0 bridgehead atoms. The second-order valence-corrected chi connectivity index (χ2v) is 7.91. The van der Waals surface area contributed by atoms with Gasteiger partial charge in [0.25, 0.3) is 5.91 Å². The molecule has 0 atom stereocenters. The number of ether oxygens (including phenoxy) is 1. The van der Waals surface area contributed by atoms with Gasteiger partial charge in [-0.3, -0.25) is 9.78 Å². The Kier molecular flexibility index (Phi) is 7.17. The average molecular weight is 472 g/mol. The standard InChI is InChI=1S/C27H22F2N4O2/c1-18-24(27(34)32-16-19-12-21(28)14-22(29)13-19)4-2-5-26(18)35-23-6-9-31-25(15-23)20-7-11-33(17-20)10-3-8-30/h2,4-7,9,11-15,17H,3,10,16H2,1H3,(H,32,34). The Morgan fingerprint density at radius 2 is 1.94 bits per heavy atom. The van der Waals surface area contributed by atoms with Crippen LogP contribution in [0.25, 0.3) is 11.3 Å². The molecule has 2 heterocycles. The van der Waals surface area contributed by atoms with Gasteiger partial charge >= 0.3 is 0 Å². The van der Waals surface area contributed by atoms with Crippen LogP contribution in [0.3, 0.4) is 0 Å². The fourth-order valence-corrected chi connectivity index (χ4v) is 3.63. The molecule has 35 heavy (non-hydrogen) atoms. The van der Waals surface area contributed by atoms with E-state index in [4.69, 9.17) is 10.00 Å². The number of nitrogens with zero attached hydrogens (tertiary/aromatic N) is 3. The molecular formula is C27H22F2N4O2. The number of carbonyl (C=O) groups excluding carboxylic acids is 1. The second-order valence-electron chi connectivity index (χ2n) is 7.91. The number of pyridine rings is 1. The average Bonchev–Trinajstić information content (AvgIpc) is 3.31. The highest BCUT2D eigenvalue weighted by atomic mass is 19.1. The zero-order valence-corrected chi connectivity index (χ0v) is 19.0. The molecule has 1 N–H and O–H groups in total. The van der Waals surface area contributed by atoms with Crippen LogP contribution in [0.4, 0.5) is 8.78 Å². The molecule has 0 fully saturated rings. The first kappa shape index (κ1) is 23.6. The molecule has 0 saturated heterocycles. The largest absolute Gasteiger partial charge is 0.457 e. The molecule has 2 aromatic carbocycles. The van der Waals surface area contributed by atoms with Gasteiger partial charge in [0.15, 0.2) is 0 Å². The van der Waals surface area contributed by atoms with Crippen LogP contribution in [0, 0.1) is 29.9 Å². The van der Waals surface area contributed by atoms with Gasteiger partial charge in [-0.2, -0.15) is 5.26 Å². The molecule has 0 radical (unpaired) electrons. The number of hydrogen-bond donors (Lipinski definition) is 1. The van der Waals surface area contributed by atoms with E-state index < -0.39 is 11.6 Å². The normalized spacial score (nSPS) is 10.6. The van der Waals surface area contributed by atoms with Gasteiger partial charge in [0.1, 0.15) is 23.1 Å². The SMILES string of the molecule is Cc1c(Oc2ccnc(-c3ccn(CCC#N)c3)c2)cccc1C(=O)NCc1cc(F)cc(F)c1. The molecule has 0 aliphatic rings. The predicted octanol–water partition coefficient (Wildman–Crippen LogP) is 5.77. The van der Waals surface area contributed by atoms with Crippen LogP contribution in [0.15, 0.2) is 73.2 Å². The van der Waals surface area contributed by atoms with Crippen LogP contribution in [0.2, 0.25) is 0 Å². The molecule has 2 aromatic heterocycles. The van der Waals surface area contributed by atoms with Crippen LogP contribution in [0.1, 0.15) is 27.9 Å². The first-order valence-electron chi connectivity index (χ1n) is 10.9. The predicted molar refractivity (Wildman–Crippen MR) is 127 cm³/mol. The molecule has 0 unspecified atom stereocenters. The van der Waals surface area contributed by atoms with Gasteiger partial charge in [0, 0.05) is 60.5 Å². The maximum absolute atomic E-state index is 13.4. The number of halogens is 2. The summed E-state index contributed by atoms with van der Waals surface area (Å²) in [6, 6.07) is 15.8. The van der Waals surface area contributed by atoms with E-state index >= 15 is 0 Å². The second kappa shape index (κ2) is 10.6. The monoisotopic (exact) mass is 472 g/mol. The molecule has 6 nitrogen and oxygen atoms in total. The van der Waals surface area contributed by atoms with E-state index in [-0.39, 0.29) is 12.5 Å². The van der Waals surface area contributed by atoms with Gasteiger partial charge in [-0.1, -0.05) is 6.07 Å². The summed E-state index contributed by atoms with van der Waals surface area (Å²) in [6.07, 6.45) is 5.88. The molecule has 176 valence electrons. The van der Waals surface area contributed by atoms with E-state index in [1.807, 2.05) is 23.0 Å². The van der Waals surface area contributed by atoms with E-state index in [0.717, 1.165) is 11.6 Å². The molecule has 0 aliphatic heterocycles. The first-order chi connectivity index (χ1) is 16.9. The summed E-state index contributed by atoms with van der Waals surface area (Å²) in [6.45, 7) is 2.36. The van der Waals surface area contributed by atoms with E-state index in [9.17, 15) is 13.6 Å². The third kappa shape index (κ3) is 5.89. The zero-order chi connectivity index (χ0) is 24.8. The summed E-state index contributed by atoms with van der Waals surface area (Å²) in [4.78, 5) is 17.1. The number of benzene rings is 2. The Bertz CT molecular complexity index is 1390. The molecule has 4 aromatic rings. The third-order valence-electron chi connectivity index (χ3n) is 5.39. The van der Waals surface area contributed by atoms with Crippen molar-refractivity contribution in [3.8, 4) is 28.8 Å². The van der Waals surface area contributed by atoms with Crippen molar-refractivity contribution in [2.24, 2.45) is 0 Å². The quantitative estimate of drug-likeness (QED) is 0.353. The first-order valence-corrected chi connectivity index (χ1v) is 10.9. The maximum Gasteiger partial charge on any atom is 0.251 e. The molecule has 0 spiro atoms. The smallest absolute Gasteiger partial charge is 0.251 e. The maximum atomic E-state index is 13.4. The van der Waals surface area contributed by atoms with E-state index in [1.165, 1.54) is 12.1 Å². The van der Waals surface area contributed by atoms with Crippen molar-refractivity contribution < 1.29 is 18.3 Å². The van der Waals surface area contributed by atoms with Gasteiger partial charge in [0.2, 0.25) is 0 Å². The number of nitriles is 1. The van der Waals surface area contributed by atoms with E-state index in [1.54, 1.807) is 43.5 Å². The molecular weight excluding hydrogens is 450 g/mol. The van der Waals surface area contributed by atoms with Crippen LogP contribution < -0.4 is 10.1 Å². The Hall–Kier alpha value is -4.51. The van der Waals surface area contributed by atoms with Crippen molar-refractivity contribution in [2.45, 2.75) is 26.4 Å². The lowest BCUT2D eigenvalue weighted by Gasteiger charge is -2.13. The lowest BCUT2D eigenvalue weighted by Crippen LogP contribution is -2.23. The number of amides is 1. The minimum absolute atomic E-state index is 0.0141. The Balaban J connectivity index is 1.48. The summed E-state index contributed by atoms with van der Waals surface area (Å²) in [5, 5.41) is 11.5. The summed E-state index contributed by atoms with van der Waals surface area (Å²) in [5.74, 6) is -0.729. The van der Waals surface area contributed by atoms with Crippen LogP contribution in [-0.2, 0) is 13.1 Å². The number of rotatable bonds is 8. The van der Waals surface area contributed by atoms with Crippen molar-refractivity contribution in [2.75, 3.05) is 0 Å². The van der Waals surface area contributed by atoms with Gasteiger partial charge in [0.05, 0.1) is 18.2 Å². The number of aryl methyl sites for hydroxylation is 1. The minimum atomic E-state index is -0.698. The Labute approximate surface area is 201 Å². The molecule has 8 heteroatoms. The summed E-state index contributed by atoms with van der Waals surface area (Å²) < 4.78 is 34.8. The highest BCUT2D eigenvalue weighted by Crippen LogP contribution is 2.29. The van der Waals surface area contributed by atoms with E-state index in [0.29, 0.717) is 46.8 Å². The lowest BCUT2D eigenvalue weighted by molar-refractivity contribution is 0.0950. The molecule has 0 saturated carbocycles. The highest BCUT2D eigenvalue weighted by molar-refractivity contribution is 5.96. The van der Waals surface area contributed by atoms with Gasteiger partial charge in [-0.15, -0.1) is 0 Å². The van der Waals surface area contributed by atoms with Crippen molar-refractivity contribution in [3.63, 3.8) is 0 Å². The summed E-state index contributed by atoms with van der Waals surface area (Å²) in [7, 11) is 0. The Morgan fingerprint density at radius 1 is 1.14 bits per heavy atom. The molecule has 0 aliphatic carbocycles. The fraction of sp³-hybridized carbons (Fsp3) is 0.148. The lowest BCUT2D eigenvalue weighted by atomic mass is 10.1. The summed E-state index contributed by atoms with van der Waals surface area (Å²) >= 11 is 0. The van der Waals surface area contributed by atoms with Gasteiger partial charge < -0.3 is 14.6 Å². The molecule has 4 rings (SSSR count). The zero-order valence-electron chi connectivity index (χ0n) is 19.0. The number of aromatic nitrogens is 2. The van der Waals surface area contributed by atoms with E-state index in [2.05, 4.69) is 16.4 Å². The fourth-order valence-electron chi connectivity index (χ4n) is 3.63. The van der Waals surface area contributed by atoms with Gasteiger partial charge in [-0.25, -0.2) is 8.78 Å².